The standard InChI is InChI=1S/C10H13FN2O3S2/c1-7-9(17-6-12-7)2-3-13-5-8(4-10(13)14)18(11,15)16/h6,8H,2-5H2,1H3. The molecule has 0 radical (unpaired) electrons. The lowest BCUT2D eigenvalue weighted by molar-refractivity contribution is -0.127. The molecule has 1 unspecified atom stereocenters. The van der Waals surface area contributed by atoms with E-state index >= 15 is 0 Å². The summed E-state index contributed by atoms with van der Waals surface area (Å²) in [6.07, 6.45) is 0.377. The van der Waals surface area contributed by atoms with Crippen molar-refractivity contribution in [3.63, 3.8) is 0 Å². The van der Waals surface area contributed by atoms with E-state index in [1.54, 1.807) is 5.51 Å². The summed E-state index contributed by atoms with van der Waals surface area (Å²) in [5.74, 6) is -0.302. The fourth-order valence-corrected chi connectivity index (χ4v) is 3.41. The monoisotopic (exact) mass is 292 g/mol. The number of likely N-dealkylation sites (tertiary alicyclic amines) is 1. The van der Waals surface area contributed by atoms with E-state index < -0.39 is 15.5 Å². The minimum Gasteiger partial charge on any atom is -0.341 e. The molecule has 0 aromatic carbocycles. The van der Waals surface area contributed by atoms with Crippen molar-refractivity contribution in [3.8, 4) is 0 Å². The van der Waals surface area contributed by atoms with Gasteiger partial charge < -0.3 is 4.90 Å². The zero-order valence-electron chi connectivity index (χ0n) is 9.80. The first-order valence-corrected chi connectivity index (χ1v) is 7.81. The van der Waals surface area contributed by atoms with Crippen molar-refractivity contribution < 1.29 is 17.1 Å². The number of aromatic nitrogens is 1. The second kappa shape index (κ2) is 4.93. The molecule has 0 saturated carbocycles. The first kappa shape index (κ1) is 13.4. The van der Waals surface area contributed by atoms with Gasteiger partial charge in [0.15, 0.2) is 0 Å². The van der Waals surface area contributed by atoms with Crippen molar-refractivity contribution in [3.05, 3.63) is 16.1 Å². The second-order valence-corrected chi connectivity index (χ2v) is 6.81. The fourth-order valence-electron chi connectivity index (χ4n) is 1.94. The van der Waals surface area contributed by atoms with Crippen LogP contribution in [0.25, 0.3) is 0 Å². The molecule has 0 spiro atoms. The Morgan fingerprint density at radius 3 is 2.83 bits per heavy atom. The molecular weight excluding hydrogens is 279 g/mol. The lowest BCUT2D eigenvalue weighted by atomic mass is 10.3. The van der Waals surface area contributed by atoms with Gasteiger partial charge >= 0.3 is 10.2 Å². The maximum atomic E-state index is 12.8. The van der Waals surface area contributed by atoms with Gasteiger partial charge in [-0.3, -0.25) is 4.79 Å². The van der Waals surface area contributed by atoms with E-state index in [4.69, 9.17) is 0 Å². The maximum absolute atomic E-state index is 12.8. The van der Waals surface area contributed by atoms with Crippen molar-refractivity contribution in [2.45, 2.75) is 25.0 Å². The van der Waals surface area contributed by atoms with Crippen LogP contribution < -0.4 is 0 Å². The lowest BCUT2D eigenvalue weighted by Gasteiger charge is -2.15. The smallest absolute Gasteiger partial charge is 0.307 e. The van der Waals surface area contributed by atoms with Crippen molar-refractivity contribution in [2.24, 2.45) is 0 Å². The zero-order chi connectivity index (χ0) is 13.3. The molecule has 1 fully saturated rings. The van der Waals surface area contributed by atoms with Gasteiger partial charge in [0.25, 0.3) is 0 Å². The Bertz CT molecular complexity index is 555. The summed E-state index contributed by atoms with van der Waals surface area (Å²) in [6.45, 7) is 2.25. The normalized spacial score (nSPS) is 20.7. The van der Waals surface area contributed by atoms with Gasteiger partial charge in [0, 0.05) is 30.8 Å². The van der Waals surface area contributed by atoms with E-state index in [1.807, 2.05) is 6.92 Å². The van der Waals surface area contributed by atoms with Crippen LogP contribution in [0, 0.1) is 6.92 Å². The highest BCUT2D eigenvalue weighted by Gasteiger charge is 2.38. The summed E-state index contributed by atoms with van der Waals surface area (Å²) >= 11 is 1.50. The number of hydrogen-bond acceptors (Lipinski definition) is 5. The van der Waals surface area contributed by atoms with Gasteiger partial charge in [-0.2, -0.15) is 8.42 Å². The Balaban J connectivity index is 1.95. The van der Waals surface area contributed by atoms with Crippen LogP contribution in [-0.2, 0) is 21.4 Å². The van der Waals surface area contributed by atoms with Gasteiger partial charge in [-0.25, -0.2) is 4.98 Å². The third-order valence-corrected chi connectivity index (χ3v) is 5.14. The van der Waals surface area contributed by atoms with Gasteiger partial charge in [0.2, 0.25) is 5.91 Å². The molecule has 0 aliphatic carbocycles. The zero-order valence-corrected chi connectivity index (χ0v) is 11.4. The summed E-state index contributed by atoms with van der Waals surface area (Å²) in [7, 11) is -4.62. The number of thiazole rings is 1. The third-order valence-electron chi connectivity index (χ3n) is 3.03. The average Bonchev–Trinajstić information content (AvgIpc) is 2.82. The van der Waals surface area contributed by atoms with Crippen LogP contribution in [-0.4, -0.2) is 42.5 Å². The van der Waals surface area contributed by atoms with Crippen LogP contribution >= 0.6 is 11.3 Å². The first-order valence-electron chi connectivity index (χ1n) is 5.48. The molecule has 1 atom stereocenters. The predicted molar refractivity (Wildman–Crippen MR) is 65.6 cm³/mol. The minimum atomic E-state index is -4.62. The van der Waals surface area contributed by atoms with Gasteiger partial charge in [-0.1, -0.05) is 0 Å². The Hall–Kier alpha value is -1.02. The molecule has 2 rings (SSSR count). The average molecular weight is 292 g/mol. The topological polar surface area (TPSA) is 67.3 Å². The van der Waals surface area contributed by atoms with Crippen LogP contribution in [0.4, 0.5) is 3.89 Å². The summed E-state index contributed by atoms with van der Waals surface area (Å²) < 4.78 is 34.3. The Morgan fingerprint density at radius 2 is 2.33 bits per heavy atom. The molecule has 2 heterocycles. The molecule has 100 valence electrons. The van der Waals surface area contributed by atoms with E-state index in [0.717, 1.165) is 10.6 Å². The fraction of sp³-hybridized carbons (Fsp3) is 0.600. The van der Waals surface area contributed by atoms with Crippen molar-refractivity contribution >= 4 is 27.5 Å². The largest absolute Gasteiger partial charge is 0.341 e. The van der Waals surface area contributed by atoms with E-state index in [-0.39, 0.29) is 18.9 Å². The van der Waals surface area contributed by atoms with Crippen molar-refractivity contribution in [1.29, 1.82) is 0 Å². The number of amides is 1. The van der Waals surface area contributed by atoms with Crippen LogP contribution in [0.15, 0.2) is 5.51 Å². The van der Waals surface area contributed by atoms with Crippen molar-refractivity contribution in [1.82, 2.24) is 9.88 Å². The lowest BCUT2D eigenvalue weighted by Crippen LogP contribution is -2.29. The molecule has 1 aromatic heterocycles. The first-order chi connectivity index (χ1) is 8.38. The molecule has 1 aliphatic heterocycles. The third kappa shape index (κ3) is 2.86. The molecule has 8 heteroatoms. The van der Waals surface area contributed by atoms with E-state index in [0.29, 0.717) is 13.0 Å². The number of halogens is 1. The number of hydrogen-bond donors (Lipinski definition) is 0. The molecule has 5 nitrogen and oxygen atoms in total. The number of carbonyl (C=O) groups is 1. The van der Waals surface area contributed by atoms with E-state index in [9.17, 15) is 17.1 Å². The van der Waals surface area contributed by atoms with Crippen LogP contribution in [0.2, 0.25) is 0 Å². The molecule has 0 bridgehead atoms. The van der Waals surface area contributed by atoms with Gasteiger partial charge in [0.1, 0.15) is 5.25 Å². The molecule has 18 heavy (non-hydrogen) atoms. The van der Waals surface area contributed by atoms with Gasteiger partial charge in [0.05, 0.1) is 11.2 Å². The SMILES string of the molecule is Cc1ncsc1CCN1CC(S(=O)(=O)F)CC1=O. The summed E-state index contributed by atoms with van der Waals surface area (Å²) in [4.78, 5) is 18.1. The van der Waals surface area contributed by atoms with E-state index in [2.05, 4.69) is 4.98 Å². The minimum absolute atomic E-state index is 0.0461. The number of nitrogens with zero attached hydrogens (tertiary/aromatic N) is 2. The van der Waals surface area contributed by atoms with Crippen LogP contribution in [0.3, 0.4) is 0 Å². The highest BCUT2D eigenvalue weighted by Crippen LogP contribution is 2.21. The number of carbonyl (C=O) groups excluding carboxylic acids is 1. The molecule has 1 aliphatic rings. The molecule has 0 N–H and O–H groups in total. The molecule has 1 saturated heterocycles. The Morgan fingerprint density at radius 1 is 1.61 bits per heavy atom. The van der Waals surface area contributed by atoms with Crippen LogP contribution in [0.1, 0.15) is 17.0 Å². The summed E-state index contributed by atoms with van der Waals surface area (Å²) in [5.41, 5.74) is 2.65. The number of aryl methyl sites for hydroxylation is 1. The summed E-state index contributed by atoms with van der Waals surface area (Å²) in [5, 5.41) is -1.20. The maximum Gasteiger partial charge on any atom is 0.307 e. The van der Waals surface area contributed by atoms with Gasteiger partial charge in [-0.05, 0) is 6.92 Å². The summed E-state index contributed by atoms with van der Waals surface area (Å²) in [6, 6.07) is 0. The van der Waals surface area contributed by atoms with E-state index in [1.165, 1.54) is 16.2 Å². The van der Waals surface area contributed by atoms with Crippen LogP contribution in [0.5, 0.6) is 0 Å². The molecule has 1 amide bonds. The number of rotatable bonds is 4. The van der Waals surface area contributed by atoms with Crippen molar-refractivity contribution in [2.75, 3.05) is 13.1 Å². The second-order valence-electron chi connectivity index (χ2n) is 4.25. The molecule has 1 aromatic rings. The highest BCUT2D eigenvalue weighted by atomic mass is 32.3. The Kier molecular flexibility index (Phi) is 3.67. The predicted octanol–water partition coefficient (Wildman–Crippen LogP) is 0.894. The molecular formula is C10H13FN2O3S2. The highest BCUT2D eigenvalue weighted by molar-refractivity contribution is 7.87. The Labute approximate surface area is 109 Å². The quantitative estimate of drug-likeness (QED) is 0.773. The van der Waals surface area contributed by atoms with Gasteiger partial charge in [-0.15, -0.1) is 15.2 Å².